The van der Waals surface area contributed by atoms with Crippen LogP contribution in [-0.2, 0) is 29.6 Å². The van der Waals surface area contributed by atoms with Crippen LogP contribution in [0, 0.1) is 18.4 Å². The van der Waals surface area contributed by atoms with Crippen molar-refractivity contribution in [1.82, 2.24) is 19.7 Å². The number of likely N-dealkylation sites (tertiary alicyclic amines) is 1. The zero-order chi connectivity index (χ0) is 27.2. The van der Waals surface area contributed by atoms with Crippen molar-refractivity contribution in [3.63, 3.8) is 0 Å². The van der Waals surface area contributed by atoms with Crippen LogP contribution in [0.5, 0.6) is 0 Å². The Kier molecular flexibility index (Phi) is 8.35. The lowest BCUT2D eigenvalue weighted by Gasteiger charge is -2.24. The van der Waals surface area contributed by atoms with Gasteiger partial charge in [-0.3, -0.25) is 9.59 Å². The molecule has 1 aliphatic heterocycles. The number of sulfonamides is 2. The molecule has 15 heteroatoms. The van der Waals surface area contributed by atoms with Crippen molar-refractivity contribution < 1.29 is 31.2 Å². The summed E-state index contributed by atoms with van der Waals surface area (Å²) in [6.45, 7) is 1.51. The molecule has 4 amide bonds. The van der Waals surface area contributed by atoms with Gasteiger partial charge in [0.2, 0.25) is 11.8 Å². The van der Waals surface area contributed by atoms with Gasteiger partial charge < -0.3 is 15.5 Å². The molecule has 2 aromatic rings. The van der Waals surface area contributed by atoms with Crippen LogP contribution < -0.4 is 20.1 Å². The number of carbonyl (C=O) groups is 3. The van der Waals surface area contributed by atoms with Crippen molar-refractivity contribution >= 4 is 43.6 Å². The Bertz CT molecular complexity index is 1430. The maximum atomic E-state index is 12.6. The van der Waals surface area contributed by atoms with Crippen LogP contribution in [0.15, 0.2) is 58.3 Å². The van der Waals surface area contributed by atoms with E-state index in [1.54, 1.807) is 23.8 Å². The molecule has 13 nitrogen and oxygen atoms in total. The Hall–Kier alpha value is -4.16. The molecule has 4 N–H and O–H groups in total. The smallest absolute Gasteiger partial charge is 0.331 e. The first-order chi connectivity index (χ1) is 17.4. The fourth-order valence-electron chi connectivity index (χ4n) is 3.56. The highest BCUT2D eigenvalue weighted by molar-refractivity contribution is 7.90. The molecule has 0 saturated carbocycles. The number of rotatable bonds is 8. The van der Waals surface area contributed by atoms with Crippen molar-refractivity contribution in [3.05, 3.63) is 54.1 Å². The van der Waals surface area contributed by atoms with Crippen LogP contribution in [0.1, 0.15) is 18.4 Å². The summed E-state index contributed by atoms with van der Waals surface area (Å²) in [5.41, 5.74) is 1.10. The van der Waals surface area contributed by atoms with Crippen molar-refractivity contribution in [3.8, 4) is 6.19 Å². The average molecular weight is 549 g/mol. The van der Waals surface area contributed by atoms with E-state index in [9.17, 15) is 31.2 Å². The van der Waals surface area contributed by atoms with E-state index >= 15 is 0 Å². The number of amides is 4. The number of hydrogen-bond donors (Lipinski definition) is 4. The minimum absolute atomic E-state index is 0.0877. The molecule has 196 valence electrons. The van der Waals surface area contributed by atoms with E-state index in [4.69, 9.17) is 5.26 Å². The molecule has 0 spiro atoms. The molecular formula is C22H24N6O7S2. The number of carbonyl (C=O) groups excluding carboxylic acids is 3. The van der Waals surface area contributed by atoms with Gasteiger partial charge in [0.1, 0.15) is 6.04 Å². The van der Waals surface area contributed by atoms with Crippen molar-refractivity contribution in [1.29, 1.82) is 5.26 Å². The van der Waals surface area contributed by atoms with E-state index in [2.05, 4.69) is 10.6 Å². The number of nitrogens with one attached hydrogen (secondary N) is 4. The van der Waals surface area contributed by atoms with Crippen LogP contribution in [0.3, 0.4) is 0 Å². The molecule has 1 aliphatic rings. The Balaban J connectivity index is 1.54. The second-order valence-electron chi connectivity index (χ2n) is 8.08. The zero-order valence-corrected chi connectivity index (χ0v) is 21.2. The van der Waals surface area contributed by atoms with E-state index in [0.717, 1.165) is 10.5 Å². The van der Waals surface area contributed by atoms with Crippen LogP contribution in [0.25, 0.3) is 0 Å². The molecule has 3 rings (SSSR count). The second-order valence-corrected chi connectivity index (χ2v) is 11.4. The molecule has 1 fully saturated rings. The highest BCUT2D eigenvalue weighted by Gasteiger charge is 2.36. The van der Waals surface area contributed by atoms with E-state index in [1.165, 1.54) is 42.6 Å². The van der Waals surface area contributed by atoms with E-state index in [-0.39, 0.29) is 28.4 Å². The van der Waals surface area contributed by atoms with Crippen LogP contribution >= 0.6 is 0 Å². The third kappa shape index (κ3) is 6.96. The highest BCUT2D eigenvalue weighted by atomic mass is 32.2. The minimum Gasteiger partial charge on any atom is -0.345 e. The third-order valence-corrected chi connectivity index (χ3v) is 8.01. The van der Waals surface area contributed by atoms with Gasteiger partial charge in [0.05, 0.1) is 16.3 Å². The highest BCUT2D eigenvalue weighted by Crippen LogP contribution is 2.19. The first-order valence-corrected chi connectivity index (χ1v) is 13.9. The standard InChI is InChI=1S/C22H24N6O7S2/c1-15-4-8-18(9-5-15)37(34,35)27-22(31)28-12-2-3-19(28)21(30)24-13-20(29)26-16-6-10-17(11-7-16)36(32,33)25-14-23/h4-11,19,25H,2-3,12-13H2,1H3,(H,24,30)(H,26,29)(H,27,31)/t19-/m0/s1. The first-order valence-electron chi connectivity index (χ1n) is 10.9. The predicted octanol–water partition coefficient (Wildman–Crippen LogP) is 0.372. The van der Waals surface area contributed by atoms with E-state index in [0.29, 0.717) is 6.42 Å². The minimum atomic E-state index is -4.13. The maximum Gasteiger partial charge on any atom is 0.331 e. The van der Waals surface area contributed by atoms with Crippen LogP contribution in [0.4, 0.5) is 10.5 Å². The van der Waals surface area contributed by atoms with Gasteiger partial charge in [0, 0.05) is 12.2 Å². The lowest BCUT2D eigenvalue weighted by atomic mass is 10.2. The van der Waals surface area contributed by atoms with Gasteiger partial charge in [-0.2, -0.15) is 5.26 Å². The lowest BCUT2D eigenvalue weighted by Crippen LogP contribution is -2.51. The van der Waals surface area contributed by atoms with Gasteiger partial charge in [-0.1, -0.05) is 17.7 Å². The fraction of sp³-hybridized carbons (Fsp3) is 0.273. The summed E-state index contributed by atoms with van der Waals surface area (Å²) < 4.78 is 52.2. The summed E-state index contributed by atoms with van der Waals surface area (Å²) in [6.07, 6.45) is 2.09. The van der Waals surface area contributed by atoms with Gasteiger partial charge in [0.15, 0.2) is 6.19 Å². The molecule has 0 aliphatic carbocycles. The quantitative estimate of drug-likeness (QED) is 0.268. The lowest BCUT2D eigenvalue weighted by molar-refractivity contribution is -0.127. The predicted molar refractivity (Wildman–Crippen MR) is 131 cm³/mol. The Morgan fingerprint density at radius 3 is 2.19 bits per heavy atom. The number of anilines is 1. The van der Waals surface area contributed by atoms with Gasteiger partial charge in [-0.05, 0) is 56.2 Å². The molecular weight excluding hydrogens is 524 g/mol. The fourth-order valence-corrected chi connectivity index (χ4v) is 5.25. The van der Waals surface area contributed by atoms with E-state index < -0.39 is 50.5 Å². The molecule has 0 radical (unpaired) electrons. The summed E-state index contributed by atoms with van der Waals surface area (Å²) in [6, 6.07) is 9.02. The third-order valence-electron chi connectivity index (χ3n) is 5.42. The number of benzene rings is 2. The summed E-state index contributed by atoms with van der Waals surface area (Å²) in [7, 11) is -8.12. The Morgan fingerprint density at radius 1 is 0.973 bits per heavy atom. The van der Waals surface area contributed by atoms with E-state index in [1.807, 2.05) is 4.72 Å². The summed E-state index contributed by atoms with van der Waals surface area (Å²) in [5.74, 6) is -1.24. The van der Waals surface area contributed by atoms with Gasteiger partial charge in [0.25, 0.3) is 20.0 Å². The van der Waals surface area contributed by atoms with Crippen molar-refractivity contribution in [2.45, 2.75) is 35.6 Å². The molecule has 0 unspecified atom stereocenters. The number of hydrogen-bond acceptors (Lipinski definition) is 8. The molecule has 37 heavy (non-hydrogen) atoms. The summed E-state index contributed by atoms with van der Waals surface area (Å²) in [5, 5.41) is 13.4. The van der Waals surface area contributed by atoms with Gasteiger partial charge in [-0.25, -0.2) is 31.1 Å². The normalized spacial score (nSPS) is 15.4. The number of aryl methyl sites for hydroxylation is 1. The molecule has 1 heterocycles. The SMILES string of the molecule is Cc1ccc(S(=O)(=O)NC(=O)N2CCC[C@H]2C(=O)NCC(=O)Nc2ccc(S(=O)(=O)NC#N)cc2)cc1. The number of nitrogens with zero attached hydrogens (tertiary/aromatic N) is 2. The largest absolute Gasteiger partial charge is 0.345 e. The summed E-state index contributed by atoms with van der Waals surface area (Å²) in [4.78, 5) is 38.4. The Labute approximate surface area is 213 Å². The second kappa shape index (κ2) is 11.3. The van der Waals surface area contributed by atoms with Crippen molar-refractivity contribution in [2.75, 3.05) is 18.4 Å². The summed E-state index contributed by atoms with van der Waals surface area (Å²) >= 11 is 0. The van der Waals surface area contributed by atoms with Crippen LogP contribution in [-0.4, -0.2) is 58.7 Å². The average Bonchev–Trinajstić information content (AvgIpc) is 3.33. The van der Waals surface area contributed by atoms with Crippen molar-refractivity contribution in [2.24, 2.45) is 0 Å². The maximum absolute atomic E-state index is 12.6. The zero-order valence-electron chi connectivity index (χ0n) is 19.6. The number of nitriles is 1. The van der Waals surface area contributed by atoms with Gasteiger partial charge >= 0.3 is 6.03 Å². The first kappa shape index (κ1) is 27.4. The molecule has 2 aromatic carbocycles. The van der Waals surface area contributed by atoms with Gasteiger partial charge in [-0.15, -0.1) is 0 Å². The molecule has 1 atom stereocenters. The van der Waals surface area contributed by atoms with Crippen LogP contribution in [0.2, 0.25) is 0 Å². The number of urea groups is 1. The Morgan fingerprint density at radius 2 is 1.57 bits per heavy atom. The molecule has 1 saturated heterocycles. The topological polar surface area (TPSA) is 195 Å². The molecule has 0 bridgehead atoms. The molecule has 0 aromatic heterocycles. The monoisotopic (exact) mass is 548 g/mol.